The lowest BCUT2D eigenvalue weighted by molar-refractivity contribution is -0.134. The van der Waals surface area contributed by atoms with Gasteiger partial charge in [-0.2, -0.15) is 4.31 Å². The highest BCUT2D eigenvalue weighted by molar-refractivity contribution is 7.88. The van der Waals surface area contributed by atoms with Gasteiger partial charge in [0, 0.05) is 38.1 Å². The number of piperazine rings is 1. The fraction of sp³-hybridized carbons (Fsp3) is 0.909. The molecule has 0 aromatic carbocycles. The summed E-state index contributed by atoms with van der Waals surface area (Å²) in [5.74, 6) is 0.0605. The fourth-order valence-corrected chi connectivity index (χ4v) is 3.32. The van der Waals surface area contributed by atoms with Crippen LogP contribution in [0.5, 0.6) is 0 Å². The minimum Gasteiger partial charge on any atom is -0.340 e. The summed E-state index contributed by atoms with van der Waals surface area (Å²) in [4.78, 5) is 13.8. The highest BCUT2D eigenvalue weighted by Gasteiger charge is 2.36. The van der Waals surface area contributed by atoms with Crippen LogP contribution < -0.4 is 5.73 Å². The van der Waals surface area contributed by atoms with Gasteiger partial charge in [-0.1, -0.05) is 0 Å². The van der Waals surface area contributed by atoms with Crippen LogP contribution in [-0.2, 0) is 14.8 Å². The molecule has 0 spiro atoms. The molecule has 1 aliphatic carbocycles. The summed E-state index contributed by atoms with van der Waals surface area (Å²) in [6.45, 7) is 1.73. The van der Waals surface area contributed by atoms with E-state index in [1.807, 2.05) is 0 Å². The minimum atomic E-state index is -3.13. The molecular formula is C11H21N3O3S. The first-order valence-electron chi connectivity index (χ1n) is 6.32. The number of nitrogens with two attached hydrogens (primary N) is 1. The van der Waals surface area contributed by atoms with Crippen LogP contribution in [0.25, 0.3) is 0 Å². The van der Waals surface area contributed by atoms with E-state index < -0.39 is 10.0 Å². The molecule has 2 N–H and O–H groups in total. The minimum absolute atomic E-state index is 0.0605. The van der Waals surface area contributed by atoms with Crippen molar-refractivity contribution in [3.8, 4) is 0 Å². The number of rotatable bonds is 3. The van der Waals surface area contributed by atoms with Crippen molar-refractivity contribution in [1.82, 2.24) is 9.21 Å². The number of sulfonamides is 1. The number of amides is 1. The Labute approximate surface area is 108 Å². The Morgan fingerprint density at radius 1 is 1.22 bits per heavy atom. The van der Waals surface area contributed by atoms with Crippen molar-refractivity contribution in [3.63, 3.8) is 0 Å². The van der Waals surface area contributed by atoms with Gasteiger partial charge in [-0.05, 0) is 19.3 Å². The van der Waals surface area contributed by atoms with Crippen LogP contribution in [0.2, 0.25) is 0 Å². The van der Waals surface area contributed by atoms with Gasteiger partial charge in [0.25, 0.3) is 0 Å². The lowest BCUT2D eigenvalue weighted by Gasteiger charge is -2.40. The topological polar surface area (TPSA) is 83.7 Å². The maximum absolute atomic E-state index is 12.0. The Morgan fingerprint density at radius 2 is 1.78 bits per heavy atom. The second-order valence-corrected chi connectivity index (χ2v) is 7.42. The van der Waals surface area contributed by atoms with Crippen molar-refractivity contribution >= 4 is 15.9 Å². The SMILES string of the molecule is CS(=O)(=O)N1CCN(C(=O)CC2(N)CCC2)CC1. The van der Waals surface area contributed by atoms with Crippen molar-refractivity contribution in [2.24, 2.45) is 5.73 Å². The molecule has 0 radical (unpaired) electrons. The molecule has 0 bridgehead atoms. The molecule has 0 aromatic rings. The summed E-state index contributed by atoms with van der Waals surface area (Å²) in [6.07, 6.45) is 4.54. The summed E-state index contributed by atoms with van der Waals surface area (Å²) < 4.78 is 24.1. The molecule has 1 saturated heterocycles. The molecule has 0 aromatic heterocycles. The molecule has 2 aliphatic rings. The molecule has 1 aliphatic heterocycles. The second-order valence-electron chi connectivity index (χ2n) is 5.44. The van der Waals surface area contributed by atoms with Gasteiger partial charge in [-0.25, -0.2) is 8.42 Å². The first-order valence-corrected chi connectivity index (χ1v) is 8.17. The Hall–Kier alpha value is -0.660. The van der Waals surface area contributed by atoms with Gasteiger partial charge in [0.1, 0.15) is 0 Å². The van der Waals surface area contributed by atoms with E-state index in [1.165, 1.54) is 10.6 Å². The zero-order valence-corrected chi connectivity index (χ0v) is 11.6. The molecule has 104 valence electrons. The third kappa shape index (κ3) is 3.02. The maximum atomic E-state index is 12.0. The van der Waals surface area contributed by atoms with Crippen LogP contribution in [0.4, 0.5) is 0 Å². The van der Waals surface area contributed by atoms with E-state index in [0.29, 0.717) is 32.6 Å². The quantitative estimate of drug-likeness (QED) is 0.742. The molecule has 6 nitrogen and oxygen atoms in total. The molecule has 1 amide bonds. The van der Waals surface area contributed by atoms with E-state index in [2.05, 4.69) is 0 Å². The van der Waals surface area contributed by atoms with Crippen molar-refractivity contribution < 1.29 is 13.2 Å². The summed E-state index contributed by atoms with van der Waals surface area (Å²) >= 11 is 0. The Kier molecular flexibility index (Phi) is 3.66. The molecule has 1 heterocycles. The second kappa shape index (κ2) is 4.79. The lowest BCUT2D eigenvalue weighted by Crippen LogP contribution is -2.54. The normalized spacial score (nSPS) is 24.7. The van der Waals surface area contributed by atoms with Gasteiger partial charge in [0.15, 0.2) is 0 Å². The Balaban J connectivity index is 1.84. The van der Waals surface area contributed by atoms with E-state index >= 15 is 0 Å². The van der Waals surface area contributed by atoms with Crippen LogP contribution in [0.1, 0.15) is 25.7 Å². The lowest BCUT2D eigenvalue weighted by atomic mass is 9.75. The van der Waals surface area contributed by atoms with E-state index in [0.717, 1.165) is 19.3 Å². The molecule has 2 rings (SSSR count). The fourth-order valence-electron chi connectivity index (χ4n) is 2.49. The molecular weight excluding hydrogens is 254 g/mol. The smallest absolute Gasteiger partial charge is 0.224 e. The Bertz CT molecular complexity index is 423. The van der Waals surface area contributed by atoms with Crippen LogP contribution in [-0.4, -0.2) is 61.5 Å². The van der Waals surface area contributed by atoms with Gasteiger partial charge in [0.2, 0.25) is 15.9 Å². The number of carbonyl (C=O) groups excluding carboxylic acids is 1. The summed E-state index contributed by atoms with van der Waals surface area (Å²) in [5.41, 5.74) is 5.75. The monoisotopic (exact) mass is 275 g/mol. The average molecular weight is 275 g/mol. The molecule has 1 saturated carbocycles. The predicted molar refractivity (Wildman–Crippen MR) is 68.4 cm³/mol. The van der Waals surface area contributed by atoms with Gasteiger partial charge in [-0.15, -0.1) is 0 Å². The third-order valence-electron chi connectivity index (χ3n) is 3.91. The molecule has 18 heavy (non-hydrogen) atoms. The Morgan fingerprint density at radius 3 is 2.17 bits per heavy atom. The van der Waals surface area contributed by atoms with Gasteiger partial charge in [0.05, 0.1) is 6.26 Å². The van der Waals surface area contributed by atoms with Crippen molar-refractivity contribution in [3.05, 3.63) is 0 Å². The van der Waals surface area contributed by atoms with E-state index in [1.54, 1.807) is 4.90 Å². The van der Waals surface area contributed by atoms with Crippen LogP contribution in [0.3, 0.4) is 0 Å². The number of nitrogens with zero attached hydrogens (tertiary/aromatic N) is 2. The van der Waals surface area contributed by atoms with Crippen LogP contribution in [0.15, 0.2) is 0 Å². The number of hydrogen-bond acceptors (Lipinski definition) is 4. The zero-order valence-electron chi connectivity index (χ0n) is 10.8. The van der Waals surface area contributed by atoms with Crippen LogP contribution in [0, 0.1) is 0 Å². The summed E-state index contributed by atoms with van der Waals surface area (Å²) in [7, 11) is -3.13. The van der Waals surface area contributed by atoms with E-state index in [9.17, 15) is 13.2 Å². The predicted octanol–water partition coefficient (Wildman–Crippen LogP) is -0.638. The van der Waals surface area contributed by atoms with E-state index in [4.69, 9.17) is 5.73 Å². The van der Waals surface area contributed by atoms with Gasteiger partial charge >= 0.3 is 0 Å². The zero-order chi connectivity index (χ0) is 13.4. The first kappa shape index (κ1) is 13.8. The number of hydrogen-bond donors (Lipinski definition) is 1. The van der Waals surface area contributed by atoms with Crippen LogP contribution >= 0.6 is 0 Å². The average Bonchev–Trinajstić information content (AvgIpc) is 2.26. The van der Waals surface area contributed by atoms with Gasteiger partial charge in [-0.3, -0.25) is 4.79 Å². The van der Waals surface area contributed by atoms with Crippen molar-refractivity contribution in [2.75, 3.05) is 32.4 Å². The summed E-state index contributed by atoms with van der Waals surface area (Å²) in [6, 6.07) is 0. The molecule has 2 fully saturated rings. The summed E-state index contributed by atoms with van der Waals surface area (Å²) in [5, 5.41) is 0. The molecule has 0 unspecified atom stereocenters. The molecule has 7 heteroatoms. The van der Waals surface area contributed by atoms with Crippen molar-refractivity contribution in [1.29, 1.82) is 0 Å². The maximum Gasteiger partial charge on any atom is 0.224 e. The number of carbonyl (C=O) groups is 1. The standard InChI is InChI=1S/C11H21N3O3S/c1-18(16,17)14-7-5-13(6-8-14)10(15)9-11(12)3-2-4-11/h2-9,12H2,1H3. The molecule has 0 atom stereocenters. The van der Waals surface area contributed by atoms with Crippen molar-refractivity contribution in [2.45, 2.75) is 31.2 Å². The highest BCUT2D eigenvalue weighted by Crippen LogP contribution is 2.32. The highest BCUT2D eigenvalue weighted by atomic mass is 32.2. The third-order valence-corrected chi connectivity index (χ3v) is 5.22. The van der Waals surface area contributed by atoms with Gasteiger partial charge < -0.3 is 10.6 Å². The largest absolute Gasteiger partial charge is 0.340 e. The van der Waals surface area contributed by atoms with E-state index in [-0.39, 0.29) is 11.4 Å². The first-order chi connectivity index (χ1) is 8.30.